The van der Waals surface area contributed by atoms with E-state index in [0.29, 0.717) is 22.6 Å². The van der Waals surface area contributed by atoms with Crippen LogP contribution in [0.1, 0.15) is 12.5 Å². The van der Waals surface area contributed by atoms with E-state index in [1.165, 1.54) is 11.9 Å². The number of nitrogens with zero attached hydrogens (tertiary/aromatic N) is 3. The molecule has 128 valence electrons. The van der Waals surface area contributed by atoms with Crippen molar-refractivity contribution in [3.05, 3.63) is 35.5 Å². The van der Waals surface area contributed by atoms with E-state index in [4.69, 9.17) is 4.74 Å². The van der Waals surface area contributed by atoms with Gasteiger partial charge >= 0.3 is 0 Å². The quantitative estimate of drug-likeness (QED) is 0.773. The molecule has 1 aromatic rings. The second-order valence-corrected chi connectivity index (χ2v) is 6.01. The van der Waals surface area contributed by atoms with Crippen LogP contribution >= 0.6 is 0 Å². The van der Waals surface area contributed by atoms with Gasteiger partial charge in [0.05, 0.1) is 12.7 Å². The smallest absolute Gasteiger partial charge is 0.277 e. The summed E-state index contributed by atoms with van der Waals surface area (Å²) in [5, 5.41) is 0. The van der Waals surface area contributed by atoms with Gasteiger partial charge in [-0.05, 0) is 12.6 Å². The first-order valence-electron chi connectivity index (χ1n) is 8.25. The molecule has 2 heterocycles. The van der Waals surface area contributed by atoms with Gasteiger partial charge in [0.25, 0.3) is 11.8 Å². The highest BCUT2D eigenvalue weighted by molar-refractivity contribution is 6.35. The third-order valence-electron chi connectivity index (χ3n) is 4.77. The number of imide groups is 1. The van der Waals surface area contributed by atoms with Crippen molar-refractivity contribution >= 4 is 17.4 Å². The molecule has 1 saturated heterocycles. The molecule has 0 bridgehead atoms. The largest absolute Gasteiger partial charge is 0.496 e. The van der Waals surface area contributed by atoms with Crippen LogP contribution in [0, 0.1) is 0 Å². The van der Waals surface area contributed by atoms with Crippen molar-refractivity contribution in [2.75, 3.05) is 46.9 Å². The molecule has 0 aromatic heterocycles. The maximum atomic E-state index is 12.7. The van der Waals surface area contributed by atoms with Crippen molar-refractivity contribution < 1.29 is 14.3 Å². The highest BCUT2D eigenvalue weighted by atomic mass is 16.5. The lowest BCUT2D eigenvalue weighted by Crippen LogP contribution is -2.47. The van der Waals surface area contributed by atoms with Crippen LogP contribution < -0.4 is 4.74 Å². The first-order chi connectivity index (χ1) is 11.6. The van der Waals surface area contributed by atoms with Crippen LogP contribution in [-0.4, -0.2) is 73.4 Å². The van der Waals surface area contributed by atoms with Crippen LogP contribution in [0.2, 0.25) is 0 Å². The summed E-state index contributed by atoms with van der Waals surface area (Å²) >= 11 is 0. The summed E-state index contributed by atoms with van der Waals surface area (Å²) in [7, 11) is 3.11. The zero-order valence-electron chi connectivity index (χ0n) is 14.4. The average molecular weight is 329 g/mol. The Morgan fingerprint density at radius 1 is 1.04 bits per heavy atom. The number of hydrogen-bond donors (Lipinski definition) is 0. The molecular formula is C18H23N3O3. The van der Waals surface area contributed by atoms with Crippen LogP contribution in [0.15, 0.2) is 30.0 Å². The van der Waals surface area contributed by atoms with Crippen molar-refractivity contribution in [1.29, 1.82) is 0 Å². The lowest BCUT2D eigenvalue weighted by molar-refractivity contribution is -0.136. The number of likely N-dealkylation sites (N-methyl/N-ethyl adjacent to an activating group) is 2. The molecule has 0 spiro atoms. The molecule has 24 heavy (non-hydrogen) atoms. The highest BCUT2D eigenvalue weighted by Crippen LogP contribution is 2.35. The Morgan fingerprint density at radius 2 is 1.71 bits per heavy atom. The molecule has 0 saturated carbocycles. The van der Waals surface area contributed by atoms with E-state index in [0.717, 1.165) is 32.7 Å². The predicted octanol–water partition coefficient (Wildman–Crippen LogP) is 1.04. The van der Waals surface area contributed by atoms with Gasteiger partial charge in [-0.2, -0.15) is 0 Å². The lowest BCUT2D eigenvalue weighted by Gasteiger charge is -2.35. The SMILES string of the molecule is CCN1CCN(C2=C(c3ccccc3OC)C(=O)N(C)C2=O)CC1. The van der Waals surface area contributed by atoms with Gasteiger partial charge in [-0.15, -0.1) is 0 Å². The Kier molecular flexibility index (Phi) is 4.57. The Hall–Kier alpha value is -2.34. The van der Waals surface area contributed by atoms with Gasteiger partial charge < -0.3 is 14.5 Å². The van der Waals surface area contributed by atoms with Crippen molar-refractivity contribution in [2.45, 2.75) is 6.92 Å². The number of para-hydroxylation sites is 1. The molecule has 2 aliphatic heterocycles. The minimum Gasteiger partial charge on any atom is -0.496 e. The number of amides is 2. The van der Waals surface area contributed by atoms with Gasteiger partial charge in [-0.25, -0.2) is 0 Å². The normalized spacial score (nSPS) is 19.5. The molecule has 6 heteroatoms. The Labute approximate surface area is 142 Å². The number of benzene rings is 1. The van der Waals surface area contributed by atoms with E-state index in [-0.39, 0.29) is 11.8 Å². The van der Waals surface area contributed by atoms with Crippen molar-refractivity contribution in [2.24, 2.45) is 0 Å². The fraction of sp³-hybridized carbons (Fsp3) is 0.444. The minimum atomic E-state index is -0.266. The summed E-state index contributed by atoms with van der Waals surface area (Å²) < 4.78 is 5.40. The maximum absolute atomic E-state index is 12.7. The van der Waals surface area contributed by atoms with Gasteiger partial charge in [-0.1, -0.05) is 25.1 Å². The van der Waals surface area contributed by atoms with Gasteiger partial charge in [0.2, 0.25) is 0 Å². The number of carbonyl (C=O) groups excluding carboxylic acids is 2. The summed E-state index contributed by atoms with van der Waals surface area (Å²) in [5.41, 5.74) is 1.63. The predicted molar refractivity (Wildman–Crippen MR) is 91.4 cm³/mol. The van der Waals surface area contributed by atoms with E-state index < -0.39 is 0 Å². The second-order valence-electron chi connectivity index (χ2n) is 6.01. The Morgan fingerprint density at radius 3 is 2.33 bits per heavy atom. The van der Waals surface area contributed by atoms with Crippen molar-refractivity contribution in [3.8, 4) is 5.75 Å². The topological polar surface area (TPSA) is 53.1 Å². The number of methoxy groups -OCH3 is 1. The first-order valence-corrected chi connectivity index (χ1v) is 8.25. The number of hydrogen-bond acceptors (Lipinski definition) is 5. The van der Waals surface area contributed by atoms with Gasteiger partial charge in [-0.3, -0.25) is 14.5 Å². The Balaban J connectivity index is 2.05. The van der Waals surface area contributed by atoms with Crippen molar-refractivity contribution in [1.82, 2.24) is 14.7 Å². The summed E-state index contributed by atoms with van der Waals surface area (Å²) in [6.07, 6.45) is 0. The molecule has 1 fully saturated rings. The van der Waals surface area contributed by atoms with E-state index in [1.54, 1.807) is 7.11 Å². The second kappa shape index (κ2) is 6.65. The first kappa shape index (κ1) is 16.5. The Bertz CT molecular complexity index is 691. The number of carbonyl (C=O) groups is 2. The standard InChI is InChI=1S/C18H23N3O3/c1-4-20-9-11-21(12-10-20)16-15(17(22)19(2)18(16)23)13-7-5-6-8-14(13)24-3/h5-8H,4,9-12H2,1-3H3. The summed E-state index contributed by atoms with van der Waals surface area (Å²) in [4.78, 5) is 31.0. The molecule has 0 N–H and O–H groups in total. The monoisotopic (exact) mass is 329 g/mol. The minimum absolute atomic E-state index is 0.231. The van der Waals surface area contributed by atoms with Gasteiger partial charge in [0.1, 0.15) is 11.4 Å². The fourth-order valence-electron chi connectivity index (χ4n) is 3.30. The molecule has 0 radical (unpaired) electrons. The van der Waals surface area contributed by atoms with E-state index in [9.17, 15) is 9.59 Å². The third-order valence-corrected chi connectivity index (χ3v) is 4.77. The zero-order chi connectivity index (χ0) is 17.3. The van der Waals surface area contributed by atoms with Gasteiger partial charge in [0, 0.05) is 38.8 Å². The molecular weight excluding hydrogens is 306 g/mol. The average Bonchev–Trinajstić information content (AvgIpc) is 2.85. The lowest BCUT2D eigenvalue weighted by atomic mass is 10.0. The summed E-state index contributed by atoms with van der Waals surface area (Å²) in [6, 6.07) is 7.35. The molecule has 2 amide bonds. The van der Waals surface area contributed by atoms with Crippen LogP contribution in [0.5, 0.6) is 5.75 Å². The summed E-state index contributed by atoms with van der Waals surface area (Å²) in [6.45, 7) is 6.41. The van der Waals surface area contributed by atoms with Gasteiger partial charge in [0.15, 0.2) is 0 Å². The van der Waals surface area contributed by atoms with Crippen LogP contribution in [0.3, 0.4) is 0 Å². The molecule has 6 nitrogen and oxygen atoms in total. The number of rotatable bonds is 4. The molecule has 2 aliphatic rings. The van der Waals surface area contributed by atoms with Crippen LogP contribution in [-0.2, 0) is 9.59 Å². The molecule has 0 aliphatic carbocycles. The molecule has 1 aromatic carbocycles. The molecule has 0 atom stereocenters. The fourth-order valence-corrected chi connectivity index (χ4v) is 3.30. The maximum Gasteiger partial charge on any atom is 0.277 e. The van der Waals surface area contributed by atoms with Crippen LogP contribution in [0.25, 0.3) is 5.57 Å². The molecule has 0 unspecified atom stereocenters. The van der Waals surface area contributed by atoms with E-state index in [1.807, 2.05) is 29.2 Å². The van der Waals surface area contributed by atoms with E-state index >= 15 is 0 Å². The highest BCUT2D eigenvalue weighted by Gasteiger charge is 2.40. The number of ether oxygens (including phenoxy) is 1. The van der Waals surface area contributed by atoms with Crippen molar-refractivity contribution in [3.63, 3.8) is 0 Å². The molecule has 3 rings (SSSR count). The zero-order valence-corrected chi connectivity index (χ0v) is 14.4. The third kappa shape index (κ3) is 2.67. The van der Waals surface area contributed by atoms with Crippen LogP contribution in [0.4, 0.5) is 0 Å². The van der Waals surface area contributed by atoms with E-state index in [2.05, 4.69) is 11.8 Å². The summed E-state index contributed by atoms with van der Waals surface area (Å²) in [5.74, 6) is 0.108. The number of piperazine rings is 1.